The number of aromatic nitrogens is 3. The Hall–Kier alpha value is -2.63. The summed E-state index contributed by atoms with van der Waals surface area (Å²) in [7, 11) is 0. The van der Waals surface area contributed by atoms with E-state index in [1.807, 2.05) is 30.3 Å². The SMILES string of the molecule is C=CCNc1nc(N)nc(NCc2ccccc2)n1. The lowest BCUT2D eigenvalue weighted by atomic mass is 10.2. The third-order valence-electron chi connectivity index (χ3n) is 2.35. The normalized spacial score (nSPS) is 9.89. The molecule has 1 aromatic carbocycles. The Morgan fingerprint density at radius 2 is 1.74 bits per heavy atom. The predicted octanol–water partition coefficient (Wildman–Crippen LogP) is 1.66. The molecule has 0 aliphatic heterocycles. The molecule has 19 heavy (non-hydrogen) atoms. The van der Waals surface area contributed by atoms with Crippen LogP contribution in [0.3, 0.4) is 0 Å². The quantitative estimate of drug-likeness (QED) is 0.681. The molecule has 0 spiro atoms. The van der Waals surface area contributed by atoms with E-state index in [0.717, 1.165) is 5.56 Å². The third-order valence-corrected chi connectivity index (χ3v) is 2.35. The van der Waals surface area contributed by atoms with Crippen LogP contribution in [0.2, 0.25) is 0 Å². The highest BCUT2D eigenvalue weighted by atomic mass is 15.2. The van der Waals surface area contributed by atoms with Crippen molar-refractivity contribution in [1.29, 1.82) is 0 Å². The van der Waals surface area contributed by atoms with Crippen molar-refractivity contribution in [3.05, 3.63) is 48.6 Å². The van der Waals surface area contributed by atoms with E-state index in [4.69, 9.17) is 5.73 Å². The second kappa shape index (κ2) is 6.34. The van der Waals surface area contributed by atoms with Crippen LogP contribution in [0.25, 0.3) is 0 Å². The lowest BCUT2D eigenvalue weighted by molar-refractivity contribution is 1.00. The van der Waals surface area contributed by atoms with E-state index in [-0.39, 0.29) is 5.95 Å². The summed E-state index contributed by atoms with van der Waals surface area (Å²) < 4.78 is 0. The molecule has 2 rings (SSSR count). The number of hydrogen-bond acceptors (Lipinski definition) is 6. The van der Waals surface area contributed by atoms with Crippen LogP contribution in [-0.4, -0.2) is 21.5 Å². The Kier molecular flexibility index (Phi) is 4.28. The summed E-state index contributed by atoms with van der Waals surface area (Å²) in [6.07, 6.45) is 1.72. The van der Waals surface area contributed by atoms with Gasteiger partial charge >= 0.3 is 0 Å². The number of nitrogens with two attached hydrogens (primary N) is 1. The molecule has 0 aliphatic carbocycles. The highest BCUT2D eigenvalue weighted by Crippen LogP contribution is 2.08. The summed E-state index contributed by atoms with van der Waals surface area (Å²) in [5, 5.41) is 6.08. The largest absolute Gasteiger partial charge is 0.368 e. The number of nitrogens with one attached hydrogen (secondary N) is 2. The van der Waals surface area contributed by atoms with Gasteiger partial charge in [0.2, 0.25) is 17.8 Å². The van der Waals surface area contributed by atoms with Crippen LogP contribution in [0.1, 0.15) is 5.56 Å². The van der Waals surface area contributed by atoms with E-state index in [1.165, 1.54) is 0 Å². The van der Waals surface area contributed by atoms with Crippen LogP contribution in [0.5, 0.6) is 0 Å². The molecule has 0 unspecified atom stereocenters. The van der Waals surface area contributed by atoms with E-state index >= 15 is 0 Å². The minimum atomic E-state index is 0.178. The zero-order valence-corrected chi connectivity index (χ0v) is 10.5. The molecule has 0 radical (unpaired) electrons. The molecule has 0 atom stereocenters. The Bertz CT molecular complexity index is 540. The first-order chi connectivity index (χ1) is 9.28. The Balaban J connectivity index is 2.03. The summed E-state index contributed by atoms with van der Waals surface area (Å²) in [4.78, 5) is 12.2. The molecule has 0 bridgehead atoms. The summed E-state index contributed by atoms with van der Waals surface area (Å²) >= 11 is 0. The Morgan fingerprint density at radius 1 is 1.05 bits per heavy atom. The van der Waals surface area contributed by atoms with Gasteiger partial charge in [-0.2, -0.15) is 15.0 Å². The Labute approximate surface area is 111 Å². The van der Waals surface area contributed by atoms with Crippen molar-refractivity contribution in [3.8, 4) is 0 Å². The molecular formula is C13H16N6. The monoisotopic (exact) mass is 256 g/mol. The molecule has 0 saturated carbocycles. The van der Waals surface area contributed by atoms with Crippen molar-refractivity contribution < 1.29 is 0 Å². The van der Waals surface area contributed by atoms with Crippen LogP contribution in [0.4, 0.5) is 17.8 Å². The van der Waals surface area contributed by atoms with Gasteiger partial charge < -0.3 is 16.4 Å². The van der Waals surface area contributed by atoms with Crippen molar-refractivity contribution in [1.82, 2.24) is 15.0 Å². The van der Waals surface area contributed by atoms with E-state index in [9.17, 15) is 0 Å². The first-order valence-corrected chi connectivity index (χ1v) is 5.92. The Morgan fingerprint density at radius 3 is 2.42 bits per heavy atom. The van der Waals surface area contributed by atoms with Gasteiger partial charge in [-0.05, 0) is 5.56 Å². The fraction of sp³-hybridized carbons (Fsp3) is 0.154. The maximum absolute atomic E-state index is 5.63. The van der Waals surface area contributed by atoms with Gasteiger partial charge in [-0.3, -0.25) is 0 Å². The molecule has 6 nitrogen and oxygen atoms in total. The minimum Gasteiger partial charge on any atom is -0.368 e. The molecule has 6 heteroatoms. The maximum atomic E-state index is 5.63. The average Bonchev–Trinajstić information content (AvgIpc) is 2.43. The van der Waals surface area contributed by atoms with Gasteiger partial charge in [0.05, 0.1) is 0 Å². The molecule has 0 saturated heterocycles. The standard InChI is InChI=1S/C13H16N6/c1-2-8-15-12-17-11(14)18-13(19-12)16-9-10-6-4-3-5-7-10/h2-7H,1,8-9H2,(H4,14,15,16,17,18,19). The maximum Gasteiger partial charge on any atom is 0.229 e. The van der Waals surface area contributed by atoms with Crippen molar-refractivity contribution in [2.75, 3.05) is 22.9 Å². The summed E-state index contributed by atoms with van der Waals surface area (Å²) in [6.45, 7) is 4.82. The van der Waals surface area contributed by atoms with Gasteiger partial charge in [-0.25, -0.2) is 0 Å². The summed E-state index contributed by atoms with van der Waals surface area (Å²) in [6, 6.07) is 9.98. The second-order valence-electron chi connectivity index (χ2n) is 3.85. The fourth-order valence-electron chi connectivity index (χ4n) is 1.49. The van der Waals surface area contributed by atoms with Crippen LogP contribution in [0.15, 0.2) is 43.0 Å². The number of rotatable bonds is 6. The molecule has 1 aromatic heterocycles. The van der Waals surface area contributed by atoms with Crippen molar-refractivity contribution >= 4 is 17.8 Å². The molecule has 0 fully saturated rings. The number of hydrogen-bond donors (Lipinski definition) is 3. The molecule has 98 valence electrons. The van der Waals surface area contributed by atoms with Gasteiger partial charge in [0.25, 0.3) is 0 Å². The van der Waals surface area contributed by atoms with E-state index in [1.54, 1.807) is 6.08 Å². The highest BCUT2D eigenvalue weighted by molar-refractivity contribution is 5.40. The zero-order valence-electron chi connectivity index (χ0n) is 10.5. The summed E-state index contributed by atoms with van der Waals surface area (Å²) in [5.41, 5.74) is 6.77. The molecule has 2 aromatic rings. The van der Waals surface area contributed by atoms with Crippen molar-refractivity contribution in [3.63, 3.8) is 0 Å². The smallest absolute Gasteiger partial charge is 0.229 e. The number of nitrogen functional groups attached to an aromatic ring is 1. The fourth-order valence-corrected chi connectivity index (χ4v) is 1.49. The van der Waals surface area contributed by atoms with E-state index < -0.39 is 0 Å². The van der Waals surface area contributed by atoms with Crippen LogP contribution >= 0.6 is 0 Å². The topological polar surface area (TPSA) is 88.8 Å². The van der Waals surface area contributed by atoms with Crippen LogP contribution < -0.4 is 16.4 Å². The van der Waals surface area contributed by atoms with Crippen LogP contribution in [0, 0.1) is 0 Å². The summed E-state index contributed by atoms with van der Waals surface area (Å²) in [5.74, 6) is 1.06. The first-order valence-electron chi connectivity index (χ1n) is 5.92. The lowest BCUT2D eigenvalue weighted by Gasteiger charge is -2.07. The molecule has 0 aliphatic rings. The number of benzene rings is 1. The van der Waals surface area contributed by atoms with Gasteiger partial charge in [0, 0.05) is 13.1 Å². The third kappa shape index (κ3) is 3.95. The zero-order chi connectivity index (χ0) is 13.5. The minimum absolute atomic E-state index is 0.178. The van der Waals surface area contributed by atoms with E-state index in [2.05, 4.69) is 32.2 Å². The molecule has 4 N–H and O–H groups in total. The van der Waals surface area contributed by atoms with Crippen LogP contribution in [-0.2, 0) is 6.54 Å². The predicted molar refractivity (Wildman–Crippen MR) is 76.7 cm³/mol. The second-order valence-corrected chi connectivity index (χ2v) is 3.85. The van der Waals surface area contributed by atoms with Crippen molar-refractivity contribution in [2.24, 2.45) is 0 Å². The van der Waals surface area contributed by atoms with E-state index in [0.29, 0.717) is 25.0 Å². The average molecular weight is 256 g/mol. The molecular weight excluding hydrogens is 240 g/mol. The molecule has 0 amide bonds. The van der Waals surface area contributed by atoms with Gasteiger partial charge in [-0.1, -0.05) is 36.4 Å². The first kappa shape index (κ1) is 12.8. The highest BCUT2D eigenvalue weighted by Gasteiger charge is 2.03. The van der Waals surface area contributed by atoms with Gasteiger partial charge in [-0.15, -0.1) is 6.58 Å². The number of anilines is 3. The number of nitrogens with zero attached hydrogens (tertiary/aromatic N) is 3. The molecule has 1 heterocycles. The van der Waals surface area contributed by atoms with Crippen molar-refractivity contribution in [2.45, 2.75) is 6.54 Å². The van der Waals surface area contributed by atoms with Gasteiger partial charge in [0.15, 0.2) is 0 Å². The van der Waals surface area contributed by atoms with Gasteiger partial charge in [0.1, 0.15) is 0 Å². The lowest BCUT2D eigenvalue weighted by Crippen LogP contribution is -2.11.